The monoisotopic (exact) mass is 495 g/mol. The van der Waals surface area contributed by atoms with Crippen molar-refractivity contribution in [2.24, 2.45) is 5.92 Å². The van der Waals surface area contributed by atoms with Crippen LogP contribution < -0.4 is 10.2 Å². The summed E-state index contributed by atoms with van der Waals surface area (Å²) in [7, 11) is 1.20. The minimum atomic E-state index is -4.57. The van der Waals surface area contributed by atoms with Crippen molar-refractivity contribution in [2.75, 3.05) is 30.4 Å². The van der Waals surface area contributed by atoms with E-state index in [1.165, 1.54) is 13.2 Å². The van der Waals surface area contributed by atoms with Gasteiger partial charge in [-0.3, -0.25) is 4.79 Å². The topological polar surface area (TPSA) is 44.8 Å². The van der Waals surface area contributed by atoms with Crippen LogP contribution in [0.2, 0.25) is 5.02 Å². The third-order valence-electron chi connectivity index (χ3n) is 5.94. The molecule has 1 saturated heterocycles. The summed E-state index contributed by atoms with van der Waals surface area (Å²) in [5.41, 5.74) is 0.848. The maximum absolute atomic E-state index is 13.4. The summed E-state index contributed by atoms with van der Waals surface area (Å²) < 4.78 is 44.9. The Kier molecular flexibility index (Phi) is 8.36. The van der Waals surface area contributed by atoms with Gasteiger partial charge in [-0.05, 0) is 50.5 Å². The van der Waals surface area contributed by atoms with Crippen LogP contribution in [0.3, 0.4) is 0 Å². The lowest BCUT2D eigenvalue weighted by atomic mass is 9.92. The van der Waals surface area contributed by atoms with E-state index in [0.717, 1.165) is 17.5 Å². The molecule has 1 aliphatic carbocycles. The second kappa shape index (κ2) is 11.0. The van der Waals surface area contributed by atoms with Crippen molar-refractivity contribution in [1.82, 2.24) is 4.90 Å². The van der Waals surface area contributed by atoms with Crippen LogP contribution in [0.25, 0.3) is 0 Å². The van der Waals surface area contributed by atoms with Gasteiger partial charge < -0.3 is 19.9 Å². The smallest absolute Gasteiger partial charge is 0.419 e. The van der Waals surface area contributed by atoms with Crippen molar-refractivity contribution < 1.29 is 22.7 Å². The first-order chi connectivity index (χ1) is 16.2. The van der Waals surface area contributed by atoms with Gasteiger partial charge in [0.15, 0.2) is 0 Å². The summed E-state index contributed by atoms with van der Waals surface area (Å²) in [4.78, 5) is 16.5. The molecule has 1 aromatic carbocycles. The van der Waals surface area contributed by atoms with E-state index in [1.807, 2.05) is 36.2 Å². The van der Waals surface area contributed by atoms with Crippen molar-refractivity contribution in [1.29, 1.82) is 0 Å². The number of rotatable bonds is 7. The van der Waals surface area contributed by atoms with Crippen LogP contribution in [0, 0.1) is 5.92 Å². The molecule has 0 saturated carbocycles. The first-order valence-corrected chi connectivity index (χ1v) is 11.5. The van der Waals surface area contributed by atoms with Gasteiger partial charge in [-0.2, -0.15) is 13.2 Å². The van der Waals surface area contributed by atoms with Gasteiger partial charge in [0, 0.05) is 36.6 Å². The van der Waals surface area contributed by atoms with Crippen molar-refractivity contribution in [3.63, 3.8) is 0 Å². The summed E-state index contributed by atoms with van der Waals surface area (Å²) in [6.07, 6.45) is 4.77. The Morgan fingerprint density at radius 1 is 1.32 bits per heavy atom. The van der Waals surface area contributed by atoms with Crippen LogP contribution in [0.5, 0.6) is 0 Å². The fourth-order valence-corrected chi connectivity index (χ4v) is 4.40. The summed E-state index contributed by atoms with van der Waals surface area (Å²) in [6, 6.07) is 5.66. The maximum Gasteiger partial charge on any atom is 0.419 e. The summed E-state index contributed by atoms with van der Waals surface area (Å²) in [5, 5.41) is 4.12. The Morgan fingerprint density at radius 3 is 2.62 bits per heavy atom. The molecule has 0 spiro atoms. The number of benzene rings is 1. The highest BCUT2D eigenvalue weighted by Gasteiger charge is 2.40. The predicted molar refractivity (Wildman–Crippen MR) is 130 cm³/mol. The molecule has 5 nitrogen and oxygen atoms in total. The molecule has 1 aromatic rings. The number of alkyl halides is 3. The number of likely N-dealkylation sites (tertiary alicyclic amines) is 1. The zero-order valence-corrected chi connectivity index (χ0v) is 20.0. The standard InChI is InChI=1S/C25H29ClF3N3O2/c1-4-12-31(5-2)22-16-18(26)7-8-21(22)30-19-10-13-32(14-11-19)24(33)17-6-9-23(34-3)20(15-17)25(27,28)29/h4-5,7-9,12,15-17,19,30H,2,6,10-11,13-14H2,1,3H3/b12-4-. The van der Waals surface area contributed by atoms with E-state index in [1.54, 1.807) is 17.2 Å². The molecule has 0 aromatic heterocycles. The molecule has 1 aliphatic heterocycles. The molecule has 34 heavy (non-hydrogen) atoms. The fraction of sp³-hybridized carbons (Fsp3) is 0.400. The maximum atomic E-state index is 13.4. The Bertz CT molecular complexity index is 996. The number of amides is 1. The van der Waals surface area contributed by atoms with Crippen molar-refractivity contribution in [2.45, 2.75) is 38.4 Å². The molecule has 2 aliphatic rings. The number of carbonyl (C=O) groups is 1. The lowest BCUT2D eigenvalue weighted by molar-refractivity contribution is -0.135. The lowest BCUT2D eigenvalue weighted by Gasteiger charge is -2.35. The highest BCUT2D eigenvalue weighted by atomic mass is 35.5. The number of halogens is 4. The largest absolute Gasteiger partial charge is 0.496 e. The van der Waals surface area contributed by atoms with E-state index >= 15 is 0 Å². The second-order valence-corrected chi connectivity index (χ2v) is 8.61. The zero-order chi connectivity index (χ0) is 24.9. The molecule has 1 heterocycles. The van der Waals surface area contributed by atoms with Crippen LogP contribution in [0.4, 0.5) is 24.5 Å². The van der Waals surface area contributed by atoms with Crippen LogP contribution in [0.15, 0.2) is 66.7 Å². The van der Waals surface area contributed by atoms with E-state index in [-0.39, 0.29) is 24.1 Å². The molecule has 1 amide bonds. The first kappa shape index (κ1) is 25.7. The molecule has 184 valence electrons. The number of hydrogen-bond acceptors (Lipinski definition) is 4. The molecular formula is C25H29ClF3N3O2. The SMILES string of the molecule is C=CN(/C=C\C)c1cc(Cl)ccc1NC1CCN(C(=O)C2C=C(C(F)(F)F)C(OC)=CC2)CC1. The zero-order valence-electron chi connectivity index (χ0n) is 19.2. The summed E-state index contributed by atoms with van der Waals surface area (Å²) in [5.74, 6) is -1.36. The number of hydrogen-bond donors (Lipinski definition) is 1. The lowest BCUT2D eigenvalue weighted by Crippen LogP contribution is -2.45. The third kappa shape index (κ3) is 5.97. The normalized spacial score (nSPS) is 19.5. The minimum Gasteiger partial charge on any atom is -0.496 e. The average Bonchev–Trinajstić information content (AvgIpc) is 2.82. The molecule has 3 rings (SSSR count). The highest BCUT2D eigenvalue weighted by Crippen LogP contribution is 2.37. The van der Waals surface area contributed by atoms with Crippen LogP contribution in [0.1, 0.15) is 26.2 Å². The summed E-state index contributed by atoms with van der Waals surface area (Å²) in [6.45, 7) is 6.69. The second-order valence-electron chi connectivity index (χ2n) is 8.17. The van der Waals surface area contributed by atoms with E-state index < -0.39 is 17.7 Å². The molecule has 9 heteroatoms. The Labute approximate surface area is 203 Å². The number of nitrogens with zero attached hydrogens (tertiary/aromatic N) is 2. The fourth-order valence-electron chi connectivity index (χ4n) is 4.23. The highest BCUT2D eigenvalue weighted by molar-refractivity contribution is 6.31. The van der Waals surface area contributed by atoms with Gasteiger partial charge in [0.05, 0.1) is 30.0 Å². The molecule has 1 atom stereocenters. The number of piperidine rings is 1. The van der Waals surface area contributed by atoms with Crippen molar-refractivity contribution in [3.05, 3.63) is 71.8 Å². The van der Waals surface area contributed by atoms with Gasteiger partial charge in [-0.1, -0.05) is 30.3 Å². The van der Waals surface area contributed by atoms with E-state index in [9.17, 15) is 18.0 Å². The average molecular weight is 496 g/mol. The molecular weight excluding hydrogens is 467 g/mol. The van der Waals surface area contributed by atoms with Gasteiger partial charge in [0.2, 0.25) is 5.91 Å². The molecule has 0 bridgehead atoms. The Morgan fingerprint density at radius 2 is 2.03 bits per heavy atom. The van der Waals surface area contributed by atoms with Gasteiger partial charge in [-0.25, -0.2) is 0 Å². The predicted octanol–water partition coefficient (Wildman–Crippen LogP) is 6.27. The van der Waals surface area contributed by atoms with Crippen LogP contribution in [-0.2, 0) is 9.53 Å². The van der Waals surface area contributed by atoms with Gasteiger partial charge in [-0.15, -0.1) is 0 Å². The number of nitrogens with one attached hydrogen (secondary N) is 1. The number of methoxy groups -OCH3 is 1. The molecule has 1 N–H and O–H groups in total. The van der Waals surface area contributed by atoms with Gasteiger partial charge in [0.25, 0.3) is 0 Å². The minimum absolute atomic E-state index is 0.105. The molecule has 0 radical (unpaired) electrons. The Hall–Kier alpha value is -2.87. The van der Waals surface area contributed by atoms with Gasteiger partial charge in [0.1, 0.15) is 5.76 Å². The quantitative estimate of drug-likeness (QED) is 0.484. The first-order valence-electron chi connectivity index (χ1n) is 11.1. The number of ether oxygens (including phenoxy) is 1. The van der Waals surface area contributed by atoms with Crippen LogP contribution in [-0.4, -0.2) is 43.2 Å². The van der Waals surface area contributed by atoms with Crippen molar-refractivity contribution >= 4 is 28.9 Å². The van der Waals surface area contributed by atoms with E-state index in [0.29, 0.717) is 31.0 Å². The third-order valence-corrected chi connectivity index (χ3v) is 6.18. The van der Waals surface area contributed by atoms with Gasteiger partial charge >= 0.3 is 6.18 Å². The number of anilines is 2. The van der Waals surface area contributed by atoms with E-state index in [4.69, 9.17) is 16.3 Å². The van der Waals surface area contributed by atoms with E-state index in [2.05, 4.69) is 11.9 Å². The van der Waals surface area contributed by atoms with Crippen molar-refractivity contribution in [3.8, 4) is 0 Å². The van der Waals surface area contributed by atoms with Crippen LogP contribution >= 0.6 is 11.6 Å². The summed E-state index contributed by atoms with van der Waals surface area (Å²) >= 11 is 6.20. The molecule has 1 unspecified atom stereocenters. The molecule has 1 fully saturated rings. The number of allylic oxidation sites excluding steroid dienone is 3. The number of carbonyl (C=O) groups excluding carboxylic acids is 1. The Balaban J connectivity index is 1.65.